The summed E-state index contributed by atoms with van der Waals surface area (Å²) in [5.41, 5.74) is -1.22. The van der Waals surface area contributed by atoms with Gasteiger partial charge in [0, 0.05) is 13.0 Å². The van der Waals surface area contributed by atoms with Crippen molar-refractivity contribution in [3.63, 3.8) is 0 Å². The standard InChI is InChI=1S/C12H17N3O4/c1-2-3-4-9-13-14-10(19-9)11(17)15-6-5-12(18,7-15)8-16/h2-3,16,18H,4-8H2,1H3/b3-2+/t12-/m0/s1. The van der Waals surface area contributed by atoms with Gasteiger partial charge < -0.3 is 19.5 Å². The quantitative estimate of drug-likeness (QED) is 0.730. The molecule has 1 amide bonds. The Morgan fingerprint density at radius 3 is 3.00 bits per heavy atom. The molecule has 1 saturated heterocycles. The average Bonchev–Trinajstić information content (AvgIpc) is 3.03. The fourth-order valence-electron chi connectivity index (χ4n) is 1.94. The molecular formula is C12H17N3O4. The zero-order chi connectivity index (χ0) is 13.9. The summed E-state index contributed by atoms with van der Waals surface area (Å²) in [4.78, 5) is 13.5. The summed E-state index contributed by atoms with van der Waals surface area (Å²) in [6.45, 7) is 1.95. The molecule has 7 heteroatoms. The van der Waals surface area contributed by atoms with E-state index >= 15 is 0 Å². The van der Waals surface area contributed by atoms with Crippen molar-refractivity contribution in [2.45, 2.75) is 25.4 Å². The first-order valence-electron chi connectivity index (χ1n) is 6.14. The molecule has 1 fully saturated rings. The van der Waals surface area contributed by atoms with E-state index in [1.807, 2.05) is 19.1 Å². The lowest BCUT2D eigenvalue weighted by molar-refractivity contribution is -0.00486. The molecule has 2 rings (SSSR count). The van der Waals surface area contributed by atoms with Gasteiger partial charge in [-0.2, -0.15) is 0 Å². The summed E-state index contributed by atoms with van der Waals surface area (Å²) in [6, 6.07) is 0. The number of hydrogen-bond acceptors (Lipinski definition) is 6. The van der Waals surface area contributed by atoms with Gasteiger partial charge in [-0.05, 0) is 13.3 Å². The smallest absolute Gasteiger partial charge is 0.311 e. The third-order valence-electron chi connectivity index (χ3n) is 3.09. The topological polar surface area (TPSA) is 99.7 Å². The van der Waals surface area contributed by atoms with Crippen molar-refractivity contribution >= 4 is 5.91 Å². The Hall–Kier alpha value is -1.73. The van der Waals surface area contributed by atoms with Gasteiger partial charge in [0.2, 0.25) is 5.89 Å². The Balaban J connectivity index is 2.02. The van der Waals surface area contributed by atoms with E-state index in [0.717, 1.165) is 0 Å². The SMILES string of the molecule is C/C=C/Cc1nnc(C(=O)N2CC[C@@](O)(CO)C2)o1. The normalized spacial score (nSPS) is 23.4. The summed E-state index contributed by atoms with van der Waals surface area (Å²) in [6.07, 6.45) is 4.53. The minimum Gasteiger partial charge on any atom is -0.417 e. The highest BCUT2D eigenvalue weighted by Crippen LogP contribution is 2.22. The average molecular weight is 267 g/mol. The number of carbonyl (C=O) groups is 1. The second kappa shape index (κ2) is 5.50. The number of amides is 1. The fraction of sp³-hybridized carbons (Fsp3) is 0.583. The van der Waals surface area contributed by atoms with E-state index in [1.165, 1.54) is 4.90 Å². The first kappa shape index (κ1) is 13.7. The van der Waals surface area contributed by atoms with E-state index in [9.17, 15) is 9.90 Å². The number of likely N-dealkylation sites (tertiary alicyclic amines) is 1. The van der Waals surface area contributed by atoms with Gasteiger partial charge in [-0.3, -0.25) is 4.79 Å². The zero-order valence-electron chi connectivity index (χ0n) is 10.7. The molecule has 7 nitrogen and oxygen atoms in total. The van der Waals surface area contributed by atoms with Crippen molar-refractivity contribution in [2.24, 2.45) is 0 Å². The maximum absolute atomic E-state index is 12.1. The Morgan fingerprint density at radius 1 is 1.58 bits per heavy atom. The van der Waals surface area contributed by atoms with Gasteiger partial charge in [0.25, 0.3) is 0 Å². The third kappa shape index (κ3) is 2.99. The molecule has 0 aromatic carbocycles. The molecule has 19 heavy (non-hydrogen) atoms. The van der Waals surface area contributed by atoms with Crippen LogP contribution in [0.3, 0.4) is 0 Å². The minimum atomic E-state index is -1.22. The number of aliphatic hydroxyl groups is 2. The minimum absolute atomic E-state index is 0.0783. The van der Waals surface area contributed by atoms with Gasteiger partial charge in [-0.25, -0.2) is 0 Å². The van der Waals surface area contributed by atoms with Crippen molar-refractivity contribution in [1.29, 1.82) is 0 Å². The van der Waals surface area contributed by atoms with Gasteiger partial charge >= 0.3 is 11.8 Å². The number of allylic oxidation sites excluding steroid dienone is 2. The lowest BCUT2D eigenvalue weighted by Crippen LogP contribution is -2.38. The van der Waals surface area contributed by atoms with Crippen molar-refractivity contribution in [3.8, 4) is 0 Å². The number of β-amino-alcohol motifs (C(OH)–C–C–N with tert-alkyl or cyclic N) is 1. The van der Waals surface area contributed by atoms with Gasteiger partial charge in [-0.1, -0.05) is 12.2 Å². The summed E-state index contributed by atoms with van der Waals surface area (Å²) in [5.74, 6) is -0.122. The Morgan fingerprint density at radius 2 is 2.37 bits per heavy atom. The highest BCUT2D eigenvalue weighted by molar-refractivity contribution is 5.89. The van der Waals surface area contributed by atoms with Crippen molar-refractivity contribution < 1.29 is 19.4 Å². The van der Waals surface area contributed by atoms with E-state index in [0.29, 0.717) is 25.3 Å². The van der Waals surface area contributed by atoms with Crippen LogP contribution in [0.1, 0.15) is 29.9 Å². The Bertz CT molecular complexity index is 485. The van der Waals surface area contributed by atoms with Crippen molar-refractivity contribution in [1.82, 2.24) is 15.1 Å². The number of carbonyl (C=O) groups excluding carboxylic acids is 1. The largest absolute Gasteiger partial charge is 0.417 e. The highest BCUT2D eigenvalue weighted by atomic mass is 16.4. The van der Waals surface area contributed by atoms with Crippen LogP contribution in [0.4, 0.5) is 0 Å². The second-order valence-corrected chi connectivity index (χ2v) is 4.63. The van der Waals surface area contributed by atoms with E-state index in [4.69, 9.17) is 9.52 Å². The number of aromatic nitrogens is 2. The van der Waals surface area contributed by atoms with Crippen LogP contribution in [0.2, 0.25) is 0 Å². The van der Waals surface area contributed by atoms with Crippen LogP contribution in [0.15, 0.2) is 16.6 Å². The molecule has 0 aliphatic carbocycles. The predicted octanol–water partition coefficient (Wildman–Crippen LogP) is -0.243. The van der Waals surface area contributed by atoms with E-state index in [2.05, 4.69) is 10.2 Å². The summed E-state index contributed by atoms with van der Waals surface area (Å²) >= 11 is 0. The van der Waals surface area contributed by atoms with Crippen molar-refractivity contribution in [2.75, 3.05) is 19.7 Å². The molecule has 2 heterocycles. The molecule has 0 unspecified atom stereocenters. The first-order chi connectivity index (χ1) is 9.08. The maximum Gasteiger partial charge on any atom is 0.311 e. The molecule has 0 saturated carbocycles. The Kier molecular flexibility index (Phi) is 3.96. The van der Waals surface area contributed by atoms with E-state index < -0.39 is 11.5 Å². The lowest BCUT2D eigenvalue weighted by atomic mass is 10.1. The number of aliphatic hydroxyl groups excluding tert-OH is 1. The van der Waals surface area contributed by atoms with Crippen molar-refractivity contribution in [3.05, 3.63) is 23.9 Å². The van der Waals surface area contributed by atoms with Crippen LogP contribution in [0, 0.1) is 0 Å². The van der Waals surface area contributed by atoms with Gasteiger partial charge in [0.15, 0.2) is 0 Å². The molecule has 104 valence electrons. The van der Waals surface area contributed by atoms with E-state index in [1.54, 1.807) is 0 Å². The van der Waals surface area contributed by atoms with Crippen LogP contribution in [-0.4, -0.2) is 56.5 Å². The van der Waals surface area contributed by atoms with Crippen LogP contribution in [-0.2, 0) is 6.42 Å². The zero-order valence-corrected chi connectivity index (χ0v) is 10.7. The summed E-state index contributed by atoms with van der Waals surface area (Å²) in [7, 11) is 0. The molecule has 0 radical (unpaired) electrons. The van der Waals surface area contributed by atoms with Crippen LogP contribution >= 0.6 is 0 Å². The van der Waals surface area contributed by atoms with E-state index in [-0.39, 0.29) is 19.0 Å². The predicted molar refractivity (Wildman–Crippen MR) is 65.4 cm³/mol. The monoisotopic (exact) mass is 267 g/mol. The molecular weight excluding hydrogens is 250 g/mol. The summed E-state index contributed by atoms with van der Waals surface area (Å²) < 4.78 is 5.25. The third-order valence-corrected chi connectivity index (χ3v) is 3.09. The molecule has 1 aromatic rings. The molecule has 1 aliphatic rings. The molecule has 1 atom stereocenters. The van der Waals surface area contributed by atoms with Crippen LogP contribution < -0.4 is 0 Å². The maximum atomic E-state index is 12.1. The van der Waals surface area contributed by atoms with Crippen LogP contribution in [0.25, 0.3) is 0 Å². The Labute approximate surface area is 110 Å². The van der Waals surface area contributed by atoms with Gasteiger partial charge in [0.05, 0.1) is 13.2 Å². The highest BCUT2D eigenvalue weighted by Gasteiger charge is 2.39. The molecule has 0 bridgehead atoms. The summed E-state index contributed by atoms with van der Waals surface area (Å²) in [5, 5.41) is 26.4. The van der Waals surface area contributed by atoms with Gasteiger partial charge in [0.1, 0.15) is 5.60 Å². The lowest BCUT2D eigenvalue weighted by Gasteiger charge is -2.19. The van der Waals surface area contributed by atoms with Crippen LogP contribution in [0.5, 0.6) is 0 Å². The molecule has 2 N–H and O–H groups in total. The number of rotatable bonds is 4. The fourth-order valence-corrected chi connectivity index (χ4v) is 1.94. The molecule has 1 aromatic heterocycles. The second-order valence-electron chi connectivity index (χ2n) is 4.63. The molecule has 1 aliphatic heterocycles. The van der Waals surface area contributed by atoms with Gasteiger partial charge in [-0.15, -0.1) is 10.2 Å². The number of hydrogen-bond donors (Lipinski definition) is 2. The molecule has 0 spiro atoms. The number of nitrogens with zero attached hydrogens (tertiary/aromatic N) is 3. The first-order valence-corrected chi connectivity index (χ1v) is 6.14.